The van der Waals surface area contributed by atoms with Crippen LogP contribution in [0.4, 0.5) is 0 Å². The number of nitrogens with zero attached hydrogens (tertiary/aromatic N) is 1. The maximum atomic E-state index is 13.1. The number of phenols is 1. The molecule has 1 unspecified atom stereocenters. The molecule has 1 amide bonds. The van der Waals surface area contributed by atoms with Crippen LogP contribution in [0, 0.1) is 0 Å². The number of carbonyl (C=O) groups excluding carboxylic acids is 1. The quantitative estimate of drug-likeness (QED) is 0.588. The first kappa shape index (κ1) is 20.5. The number of likely N-dealkylation sites (N-methyl/N-ethyl adjacent to an activating group) is 1. The van der Waals surface area contributed by atoms with E-state index in [0.717, 1.165) is 11.3 Å². The molecule has 6 nitrogen and oxygen atoms in total. The highest BCUT2D eigenvalue weighted by molar-refractivity contribution is 9.10. The fourth-order valence-corrected chi connectivity index (χ4v) is 3.67. The van der Waals surface area contributed by atoms with E-state index >= 15 is 0 Å². The van der Waals surface area contributed by atoms with Gasteiger partial charge in [0.25, 0.3) is 5.91 Å². The number of amides is 1. The van der Waals surface area contributed by atoms with Crippen molar-refractivity contribution in [2.45, 2.75) is 33.7 Å². The summed E-state index contributed by atoms with van der Waals surface area (Å²) < 4.78 is 6.02. The molecule has 1 atom stereocenters. The number of aromatic hydroxyl groups is 1. The lowest BCUT2D eigenvalue weighted by atomic mass is 9.94. The van der Waals surface area contributed by atoms with Gasteiger partial charge in [-0.05, 0) is 73.5 Å². The van der Waals surface area contributed by atoms with Crippen molar-refractivity contribution in [3.8, 4) is 11.5 Å². The molecule has 1 aromatic carbocycles. The summed E-state index contributed by atoms with van der Waals surface area (Å²) in [6, 6.07) is 3.07. The normalized spacial score (nSPS) is 16.8. The number of rotatable bonds is 6. The molecule has 0 spiro atoms. The average molecular weight is 442 g/mol. The SMILES string of the molecule is CCOc1cc(C2NC(=S)NC(C)=C2C(=O)N(CC)CC)cc(Br)c1O. The van der Waals surface area contributed by atoms with Crippen molar-refractivity contribution in [2.24, 2.45) is 0 Å². The average Bonchev–Trinajstić information content (AvgIpc) is 2.59. The minimum atomic E-state index is -0.437. The van der Waals surface area contributed by atoms with E-state index in [1.165, 1.54) is 0 Å². The van der Waals surface area contributed by atoms with Gasteiger partial charge in [-0.1, -0.05) is 0 Å². The Morgan fingerprint density at radius 3 is 2.58 bits per heavy atom. The van der Waals surface area contributed by atoms with E-state index in [1.54, 1.807) is 17.0 Å². The summed E-state index contributed by atoms with van der Waals surface area (Å²) in [6.07, 6.45) is 0. The summed E-state index contributed by atoms with van der Waals surface area (Å²) in [7, 11) is 0. The topological polar surface area (TPSA) is 73.8 Å². The molecule has 1 aliphatic rings. The van der Waals surface area contributed by atoms with Crippen LogP contribution in [-0.4, -0.2) is 40.7 Å². The molecular formula is C18H24BrN3O3S. The van der Waals surface area contributed by atoms with E-state index in [0.29, 0.717) is 40.6 Å². The number of carbonyl (C=O) groups is 1. The van der Waals surface area contributed by atoms with Gasteiger partial charge in [-0.15, -0.1) is 0 Å². The van der Waals surface area contributed by atoms with Gasteiger partial charge in [0.2, 0.25) is 0 Å². The van der Waals surface area contributed by atoms with E-state index in [4.69, 9.17) is 17.0 Å². The number of nitrogens with one attached hydrogen (secondary N) is 2. The van der Waals surface area contributed by atoms with E-state index in [9.17, 15) is 9.90 Å². The van der Waals surface area contributed by atoms with Crippen molar-refractivity contribution < 1.29 is 14.6 Å². The minimum Gasteiger partial charge on any atom is -0.503 e. The fourth-order valence-electron chi connectivity index (χ4n) is 2.93. The molecule has 0 bridgehead atoms. The molecular weight excluding hydrogens is 418 g/mol. The van der Waals surface area contributed by atoms with Crippen LogP contribution in [0.5, 0.6) is 11.5 Å². The number of benzene rings is 1. The summed E-state index contributed by atoms with van der Waals surface area (Å²) in [5, 5.41) is 16.8. The lowest BCUT2D eigenvalue weighted by molar-refractivity contribution is -0.127. The monoisotopic (exact) mass is 441 g/mol. The Labute approximate surface area is 167 Å². The van der Waals surface area contributed by atoms with Crippen molar-refractivity contribution in [1.82, 2.24) is 15.5 Å². The maximum absolute atomic E-state index is 13.1. The molecule has 2 rings (SSSR count). The summed E-state index contributed by atoms with van der Waals surface area (Å²) in [4.78, 5) is 14.8. The molecule has 142 valence electrons. The molecule has 8 heteroatoms. The Kier molecular flexibility index (Phi) is 6.88. The van der Waals surface area contributed by atoms with Crippen LogP contribution in [-0.2, 0) is 4.79 Å². The van der Waals surface area contributed by atoms with Gasteiger partial charge in [-0.25, -0.2) is 0 Å². The van der Waals surface area contributed by atoms with Gasteiger partial charge < -0.3 is 25.4 Å². The molecule has 0 radical (unpaired) electrons. The Morgan fingerprint density at radius 1 is 1.35 bits per heavy atom. The standard InChI is InChI=1S/C18H24BrN3O3S/c1-5-22(6-2)17(24)14-10(4)20-18(26)21-15(14)11-8-12(19)16(23)13(9-11)25-7-3/h8-9,15,23H,5-7H2,1-4H3,(H2,20,21,26). The van der Waals surface area contributed by atoms with Gasteiger partial charge in [0.1, 0.15) is 0 Å². The van der Waals surface area contributed by atoms with Crippen molar-refractivity contribution in [3.63, 3.8) is 0 Å². The summed E-state index contributed by atoms with van der Waals surface area (Å²) >= 11 is 8.65. The maximum Gasteiger partial charge on any atom is 0.253 e. The third kappa shape index (κ3) is 4.12. The van der Waals surface area contributed by atoms with Gasteiger partial charge in [0.15, 0.2) is 16.6 Å². The molecule has 0 aromatic heterocycles. The number of halogens is 1. The smallest absolute Gasteiger partial charge is 0.253 e. The third-order valence-corrected chi connectivity index (χ3v) is 5.06. The highest BCUT2D eigenvalue weighted by Gasteiger charge is 2.32. The van der Waals surface area contributed by atoms with Gasteiger partial charge in [-0.3, -0.25) is 4.79 Å². The Morgan fingerprint density at radius 2 is 2.00 bits per heavy atom. The molecule has 26 heavy (non-hydrogen) atoms. The second-order valence-electron chi connectivity index (χ2n) is 5.83. The zero-order valence-corrected chi connectivity index (χ0v) is 17.8. The molecule has 0 aliphatic carbocycles. The van der Waals surface area contributed by atoms with Crippen molar-refractivity contribution >= 4 is 39.2 Å². The van der Waals surface area contributed by atoms with Crippen LogP contribution in [0.3, 0.4) is 0 Å². The second-order valence-corrected chi connectivity index (χ2v) is 7.09. The molecule has 3 N–H and O–H groups in total. The number of hydrogen-bond donors (Lipinski definition) is 3. The molecule has 1 aliphatic heterocycles. The Balaban J connectivity index is 2.56. The number of allylic oxidation sites excluding steroid dienone is 1. The summed E-state index contributed by atoms with van der Waals surface area (Å²) in [5.41, 5.74) is 2.09. The fraction of sp³-hybridized carbons (Fsp3) is 0.444. The Hall–Kier alpha value is -1.80. The molecule has 1 heterocycles. The van der Waals surface area contributed by atoms with Crippen molar-refractivity contribution in [3.05, 3.63) is 33.4 Å². The number of thiocarbonyl (C=S) groups is 1. The first-order chi connectivity index (χ1) is 12.3. The van der Waals surface area contributed by atoms with Crippen LogP contribution in [0.1, 0.15) is 39.3 Å². The Bertz CT molecular complexity index is 747. The van der Waals surface area contributed by atoms with E-state index in [-0.39, 0.29) is 11.7 Å². The van der Waals surface area contributed by atoms with Gasteiger partial charge in [0.05, 0.1) is 22.7 Å². The number of hydrogen-bond acceptors (Lipinski definition) is 4. The number of ether oxygens (including phenoxy) is 1. The first-order valence-electron chi connectivity index (χ1n) is 8.56. The highest BCUT2D eigenvalue weighted by Crippen LogP contribution is 2.39. The van der Waals surface area contributed by atoms with Gasteiger partial charge in [-0.2, -0.15) is 0 Å². The molecule has 1 aromatic rings. The minimum absolute atomic E-state index is 0.0319. The number of phenolic OH excluding ortho intramolecular Hbond substituents is 1. The van der Waals surface area contributed by atoms with Gasteiger partial charge in [0, 0.05) is 18.8 Å². The van der Waals surface area contributed by atoms with E-state index in [2.05, 4.69) is 26.6 Å². The first-order valence-corrected chi connectivity index (χ1v) is 9.76. The van der Waals surface area contributed by atoms with Crippen LogP contribution in [0.25, 0.3) is 0 Å². The van der Waals surface area contributed by atoms with Gasteiger partial charge >= 0.3 is 0 Å². The van der Waals surface area contributed by atoms with Crippen LogP contribution in [0.2, 0.25) is 0 Å². The van der Waals surface area contributed by atoms with E-state index < -0.39 is 6.04 Å². The van der Waals surface area contributed by atoms with E-state index in [1.807, 2.05) is 27.7 Å². The van der Waals surface area contributed by atoms with Crippen molar-refractivity contribution in [2.75, 3.05) is 19.7 Å². The largest absolute Gasteiger partial charge is 0.503 e. The lowest BCUT2D eigenvalue weighted by Gasteiger charge is -2.33. The molecule has 0 saturated carbocycles. The zero-order valence-electron chi connectivity index (χ0n) is 15.4. The summed E-state index contributed by atoms with van der Waals surface area (Å²) in [5.74, 6) is 0.335. The predicted octanol–water partition coefficient (Wildman–Crippen LogP) is 3.21. The second kappa shape index (κ2) is 8.73. The molecule has 0 fully saturated rings. The predicted molar refractivity (Wildman–Crippen MR) is 109 cm³/mol. The van der Waals surface area contributed by atoms with Crippen LogP contribution in [0.15, 0.2) is 27.9 Å². The highest BCUT2D eigenvalue weighted by atomic mass is 79.9. The zero-order chi connectivity index (χ0) is 19.4. The van der Waals surface area contributed by atoms with Crippen LogP contribution < -0.4 is 15.4 Å². The van der Waals surface area contributed by atoms with Crippen molar-refractivity contribution in [1.29, 1.82) is 0 Å². The summed E-state index contributed by atoms with van der Waals surface area (Å²) in [6.45, 7) is 9.24. The lowest BCUT2D eigenvalue weighted by Crippen LogP contribution is -2.47. The third-order valence-electron chi connectivity index (χ3n) is 4.23. The molecule has 0 saturated heterocycles. The van der Waals surface area contributed by atoms with Crippen LogP contribution >= 0.6 is 28.1 Å².